The van der Waals surface area contributed by atoms with E-state index in [9.17, 15) is 4.79 Å². The van der Waals surface area contributed by atoms with Crippen LogP contribution in [0.15, 0.2) is 24.5 Å². The molecule has 2 amide bonds. The van der Waals surface area contributed by atoms with Crippen LogP contribution < -0.4 is 0 Å². The van der Waals surface area contributed by atoms with Crippen molar-refractivity contribution in [3.8, 4) is 6.07 Å². The molecule has 5 nitrogen and oxygen atoms in total. The van der Waals surface area contributed by atoms with Gasteiger partial charge in [0.2, 0.25) is 0 Å². The van der Waals surface area contributed by atoms with Gasteiger partial charge in [-0.1, -0.05) is 6.07 Å². The number of amides is 2. The lowest BCUT2D eigenvalue weighted by Crippen LogP contribution is -2.30. The fourth-order valence-corrected chi connectivity index (χ4v) is 2.04. The van der Waals surface area contributed by atoms with Gasteiger partial charge < -0.3 is 9.80 Å². The average molecular weight is 230 g/mol. The summed E-state index contributed by atoms with van der Waals surface area (Å²) in [4.78, 5) is 19.4. The number of nitriles is 1. The summed E-state index contributed by atoms with van der Waals surface area (Å²) in [6, 6.07) is 5.91. The van der Waals surface area contributed by atoms with Gasteiger partial charge in [0.1, 0.15) is 0 Å². The molecule has 5 heteroatoms. The molecule has 2 rings (SSSR count). The van der Waals surface area contributed by atoms with Crippen LogP contribution in [0.4, 0.5) is 4.79 Å². The van der Waals surface area contributed by atoms with Crippen molar-refractivity contribution in [2.24, 2.45) is 0 Å². The Bertz CT molecular complexity index is 440. The van der Waals surface area contributed by atoms with Crippen LogP contribution in [0.1, 0.15) is 18.0 Å². The van der Waals surface area contributed by atoms with Crippen LogP contribution in [0.2, 0.25) is 0 Å². The van der Waals surface area contributed by atoms with E-state index >= 15 is 0 Å². The number of nitrogens with zero attached hydrogens (tertiary/aromatic N) is 4. The zero-order valence-corrected chi connectivity index (χ0v) is 9.71. The normalized spacial score (nSPS) is 19.5. The van der Waals surface area contributed by atoms with E-state index in [0.29, 0.717) is 19.5 Å². The highest BCUT2D eigenvalue weighted by Gasteiger charge is 2.34. The Balaban J connectivity index is 2.12. The number of hydrogen-bond donors (Lipinski definition) is 0. The number of pyridine rings is 1. The summed E-state index contributed by atoms with van der Waals surface area (Å²) in [5.74, 6) is 0. The number of aromatic nitrogens is 1. The Morgan fingerprint density at radius 3 is 3.12 bits per heavy atom. The van der Waals surface area contributed by atoms with Gasteiger partial charge in [-0.2, -0.15) is 5.26 Å². The van der Waals surface area contributed by atoms with Gasteiger partial charge in [0, 0.05) is 32.5 Å². The van der Waals surface area contributed by atoms with Crippen molar-refractivity contribution in [3.05, 3.63) is 30.1 Å². The molecule has 0 N–H and O–H groups in total. The second kappa shape index (κ2) is 4.83. The summed E-state index contributed by atoms with van der Waals surface area (Å²) in [6.07, 6.45) is 3.87. The molecule has 0 spiro atoms. The van der Waals surface area contributed by atoms with Crippen LogP contribution >= 0.6 is 0 Å². The molecule has 17 heavy (non-hydrogen) atoms. The lowest BCUT2D eigenvalue weighted by atomic mass is 10.1. The maximum atomic E-state index is 11.9. The Morgan fingerprint density at radius 1 is 1.65 bits per heavy atom. The number of rotatable bonds is 3. The first kappa shape index (κ1) is 11.4. The minimum atomic E-state index is -0.0193. The van der Waals surface area contributed by atoms with Gasteiger partial charge in [-0.05, 0) is 11.6 Å². The first-order valence-electron chi connectivity index (χ1n) is 5.52. The zero-order chi connectivity index (χ0) is 12.3. The maximum Gasteiger partial charge on any atom is 0.320 e. The SMILES string of the molecule is CN1C(=O)N(CCC#N)CC1c1cccnc1. The van der Waals surface area contributed by atoms with Gasteiger partial charge in [0.15, 0.2) is 0 Å². The molecule has 1 aliphatic heterocycles. The third-order valence-electron chi connectivity index (χ3n) is 3.00. The zero-order valence-electron chi connectivity index (χ0n) is 9.71. The third kappa shape index (κ3) is 2.21. The predicted octanol–water partition coefficient (Wildman–Crippen LogP) is 1.40. The summed E-state index contributed by atoms with van der Waals surface area (Å²) in [5, 5.41) is 8.55. The van der Waals surface area contributed by atoms with Gasteiger partial charge in [-0.15, -0.1) is 0 Å². The maximum absolute atomic E-state index is 11.9. The second-order valence-corrected chi connectivity index (χ2v) is 4.05. The molecule has 0 bridgehead atoms. The number of likely N-dealkylation sites (N-methyl/N-ethyl adjacent to an activating group) is 1. The van der Waals surface area contributed by atoms with Crippen molar-refractivity contribution in [1.82, 2.24) is 14.8 Å². The molecule has 0 aliphatic carbocycles. The van der Waals surface area contributed by atoms with Crippen molar-refractivity contribution < 1.29 is 4.79 Å². The molecule has 1 aromatic heterocycles. The van der Waals surface area contributed by atoms with Crippen LogP contribution in [0.25, 0.3) is 0 Å². The molecular formula is C12H14N4O. The topological polar surface area (TPSA) is 60.2 Å². The monoisotopic (exact) mass is 230 g/mol. The van der Waals surface area contributed by atoms with Crippen molar-refractivity contribution in [3.63, 3.8) is 0 Å². The summed E-state index contributed by atoms with van der Waals surface area (Å²) in [6.45, 7) is 1.12. The standard InChI is InChI=1S/C12H14N4O/c1-15-11(10-4-2-6-14-8-10)9-16(12(15)17)7-3-5-13/h2,4,6,8,11H,3,7,9H2,1H3. The van der Waals surface area contributed by atoms with E-state index in [4.69, 9.17) is 5.26 Å². The minimum Gasteiger partial charge on any atom is -0.321 e. The molecule has 88 valence electrons. The highest BCUT2D eigenvalue weighted by molar-refractivity contribution is 5.77. The lowest BCUT2D eigenvalue weighted by Gasteiger charge is -2.17. The number of urea groups is 1. The van der Waals surface area contributed by atoms with E-state index in [-0.39, 0.29) is 12.1 Å². The second-order valence-electron chi connectivity index (χ2n) is 4.05. The molecule has 1 aliphatic rings. The fraction of sp³-hybridized carbons (Fsp3) is 0.417. The smallest absolute Gasteiger partial charge is 0.320 e. The fourth-order valence-electron chi connectivity index (χ4n) is 2.04. The molecule has 1 unspecified atom stereocenters. The predicted molar refractivity (Wildman–Crippen MR) is 61.9 cm³/mol. The molecule has 0 radical (unpaired) electrons. The molecule has 0 saturated carbocycles. The van der Waals surface area contributed by atoms with Gasteiger partial charge in [0.05, 0.1) is 18.5 Å². The quantitative estimate of drug-likeness (QED) is 0.788. The Hall–Kier alpha value is -2.09. The van der Waals surface area contributed by atoms with Gasteiger partial charge in [-0.25, -0.2) is 4.79 Å². The van der Waals surface area contributed by atoms with Gasteiger partial charge >= 0.3 is 6.03 Å². The lowest BCUT2D eigenvalue weighted by molar-refractivity contribution is 0.196. The molecule has 1 atom stereocenters. The van der Waals surface area contributed by atoms with Crippen LogP contribution in [0, 0.1) is 11.3 Å². The Kier molecular flexibility index (Phi) is 3.24. The summed E-state index contributed by atoms with van der Waals surface area (Å²) >= 11 is 0. The third-order valence-corrected chi connectivity index (χ3v) is 3.00. The van der Waals surface area contributed by atoms with Crippen LogP contribution in [0.5, 0.6) is 0 Å². The largest absolute Gasteiger partial charge is 0.321 e. The average Bonchev–Trinajstić information content (AvgIpc) is 2.65. The van der Waals surface area contributed by atoms with E-state index < -0.39 is 0 Å². The summed E-state index contributed by atoms with van der Waals surface area (Å²) < 4.78 is 0. The van der Waals surface area contributed by atoms with E-state index in [0.717, 1.165) is 5.56 Å². The van der Waals surface area contributed by atoms with E-state index in [1.807, 2.05) is 12.1 Å². The number of hydrogen-bond acceptors (Lipinski definition) is 3. The molecule has 1 fully saturated rings. The first-order chi connectivity index (χ1) is 8.24. The highest BCUT2D eigenvalue weighted by atomic mass is 16.2. The number of carbonyl (C=O) groups excluding carboxylic acids is 1. The van der Waals surface area contributed by atoms with Crippen molar-refractivity contribution in [1.29, 1.82) is 5.26 Å². The van der Waals surface area contributed by atoms with E-state index in [2.05, 4.69) is 11.1 Å². The van der Waals surface area contributed by atoms with Crippen molar-refractivity contribution in [2.75, 3.05) is 20.1 Å². The molecule has 1 aromatic rings. The van der Waals surface area contributed by atoms with E-state index in [1.165, 1.54) is 0 Å². The number of carbonyl (C=O) groups is 1. The van der Waals surface area contributed by atoms with Crippen LogP contribution in [-0.4, -0.2) is 41.0 Å². The van der Waals surface area contributed by atoms with Crippen molar-refractivity contribution >= 4 is 6.03 Å². The molecule has 1 saturated heterocycles. The summed E-state index contributed by atoms with van der Waals surface area (Å²) in [7, 11) is 1.78. The Labute approximate surface area is 100 Å². The summed E-state index contributed by atoms with van der Waals surface area (Å²) in [5.41, 5.74) is 1.03. The Morgan fingerprint density at radius 2 is 2.47 bits per heavy atom. The van der Waals surface area contributed by atoms with Gasteiger partial charge in [-0.3, -0.25) is 4.98 Å². The van der Waals surface area contributed by atoms with Gasteiger partial charge in [0.25, 0.3) is 0 Å². The minimum absolute atomic E-state index is 0.0193. The van der Waals surface area contributed by atoms with Crippen LogP contribution in [-0.2, 0) is 0 Å². The van der Waals surface area contributed by atoms with Crippen LogP contribution in [0.3, 0.4) is 0 Å². The molecule has 2 heterocycles. The molecular weight excluding hydrogens is 216 g/mol. The highest BCUT2D eigenvalue weighted by Crippen LogP contribution is 2.27. The van der Waals surface area contributed by atoms with Crippen molar-refractivity contribution in [2.45, 2.75) is 12.5 Å². The van der Waals surface area contributed by atoms with E-state index in [1.54, 1.807) is 29.2 Å². The first-order valence-corrected chi connectivity index (χ1v) is 5.52. The molecule has 0 aromatic carbocycles.